The second kappa shape index (κ2) is 6.93. The molecule has 0 bridgehead atoms. The van der Waals surface area contributed by atoms with E-state index in [9.17, 15) is 5.11 Å². The summed E-state index contributed by atoms with van der Waals surface area (Å²) in [5, 5.41) is 20.3. The molecule has 0 unspecified atom stereocenters. The molecule has 0 aliphatic carbocycles. The van der Waals surface area contributed by atoms with E-state index in [0.717, 1.165) is 11.8 Å². The van der Waals surface area contributed by atoms with Crippen molar-refractivity contribution >= 4 is 24.4 Å². The third kappa shape index (κ3) is 4.45. The molecular formula is C17H22N2OS. The first-order valence-corrected chi connectivity index (χ1v) is 6.88. The van der Waals surface area contributed by atoms with Gasteiger partial charge in [0, 0.05) is 5.39 Å². The van der Waals surface area contributed by atoms with E-state index in [-0.39, 0.29) is 18.9 Å². The Balaban J connectivity index is 0.00000220. The molecule has 1 N–H and O–H groups in total. The summed E-state index contributed by atoms with van der Waals surface area (Å²) in [5.74, 6) is 0. The summed E-state index contributed by atoms with van der Waals surface area (Å²) in [7, 11) is 0. The van der Waals surface area contributed by atoms with E-state index < -0.39 is 6.10 Å². The van der Waals surface area contributed by atoms with Gasteiger partial charge in [-0.2, -0.15) is 18.8 Å². The van der Waals surface area contributed by atoms with E-state index in [2.05, 4.69) is 31.8 Å². The maximum Gasteiger partial charge on any atom is 0.101 e. The van der Waals surface area contributed by atoms with E-state index in [0.29, 0.717) is 23.2 Å². The molecule has 0 aliphatic rings. The highest BCUT2D eigenvalue weighted by atomic mass is 32.1. The molecule has 0 fully saturated rings. The predicted octanol–water partition coefficient (Wildman–Crippen LogP) is 4.08. The Bertz CT molecular complexity index is 656. The number of fused-ring (bicyclic) bond motifs is 1. The Morgan fingerprint density at radius 3 is 2.57 bits per heavy atom. The van der Waals surface area contributed by atoms with Gasteiger partial charge >= 0.3 is 0 Å². The van der Waals surface area contributed by atoms with Crippen LogP contribution in [-0.2, 0) is 0 Å². The summed E-state index contributed by atoms with van der Waals surface area (Å²) < 4.78 is 0. The molecule has 0 saturated carbocycles. The molecule has 21 heavy (non-hydrogen) atoms. The molecule has 1 heterocycles. The average molecular weight is 302 g/mol. The van der Waals surface area contributed by atoms with Crippen LogP contribution >= 0.6 is 13.5 Å². The number of aliphatic hydroxyl groups is 1. The number of para-hydroxylation sites is 1. The highest BCUT2D eigenvalue weighted by Crippen LogP contribution is 2.27. The molecule has 2 aromatic rings. The fourth-order valence-corrected chi connectivity index (χ4v) is 2.16. The second-order valence-corrected chi connectivity index (χ2v) is 6.34. The molecule has 1 aromatic carbocycles. The van der Waals surface area contributed by atoms with Gasteiger partial charge in [0.1, 0.15) is 6.07 Å². The zero-order valence-electron chi connectivity index (χ0n) is 12.7. The number of pyridine rings is 1. The number of aliphatic hydroxyl groups excluding tert-OH is 1. The van der Waals surface area contributed by atoms with Gasteiger partial charge in [-0.15, -0.1) is 0 Å². The molecule has 112 valence electrons. The molecule has 2 rings (SSSR count). The maximum absolute atomic E-state index is 10.3. The monoisotopic (exact) mass is 302 g/mol. The summed E-state index contributed by atoms with van der Waals surface area (Å²) >= 11 is 0. The van der Waals surface area contributed by atoms with Gasteiger partial charge in [-0.05, 0) is 30.4 Å². The van der Waals surface area contributed by atoms with Crippen LogP contribution in [0.4, 0.5) is 0 Å². The summed E-state index contributed by atoms with van der Waals surface area (Å²) in [5.41, 5.74) is 2.05. The minimum absolute atomic E-state index is 0. The zero-order valence-corrected chi connectivity index (χ0v) is 13.7. The molecular weight excluding hydrogens is 280 g/mol. The minimum atomic E-state index is -0.578. The number of aromatic nitrogens is 1. The first-order valence-electron chi connectivity index (χ1n) is 6.88. The lowest BCUT2D eigenvalue weighted by Gasteiger charge is -2.20. The number of nitriles is 1. The van der Waals surface area contributed by atoms with Crippen LogP contribution in [0.3, 0.4) is 0 Å². The van der Waals surface area contributed by atoms with Crippen LogP contribution in [0, 0.1) is 16.7 Å². The van der Waals surface area contributed by atoms with Crippen molar-refractivity contribution < 1.29 is 5.11 Å². The number of benzene rings is 1. The fourth-order valence-electron chi connectivity index (χ4n) is 2.16. The Hall–Kier alpha value is -1.57. The van der Waals surface area contributed by atoms with Crippen molar-refractivity contribution in [2.75, 3.05) is 0 Å². The number of nitrogens with zero attached hydrogens (tertiary/aromatic N) is 2. The van der Waals surface area contributed by atoms with Crippen LogP contribution < -0.4 is 0 Å². The van der Waals surface area contributed by atoms with E-state index in [1.807, 2.05) is 24.3 Å². The number of hydrogen-bond acceptors (Lipinski definition) is 3. The number of hydrogen-bond donors (Lipinski definition) is 1. The first-order chi connectivity index (χ1) is 9.40. The largest absolute Gasteiger partial charge is 0.387 e. The van der Waals surface area contributed by atoms with Crippen molar-refractivity contribution in [1.29, 1.82) is 5.26 Å². The average Bonchev–Trinajstić information content (AvgIpc) is 2.42. The standard InChI is InChI=1S/C17H20N2O.H2S/c1-17(2,3)10-9-15(20)14-8-7-12-5-4-6-13(11-18)16(12)19-14;/h4-8,15,20H,9-10H2,1-3H3;1H2/t15-;/m0./s1. The lowest BCUT2D eigenvalue weighted by Crippen LogP contribution is -2.09. The van der Waals surface area contributed by atoms with Crippen molar-refractivity contribution in [3.8, 4) is 6.07 Å². The summed E-state index contributed by atoms with van der Waals surface area (Å²) in [6.45, 7) is 6.46. The fraction of sp³-hybridized carbons (Fsp3) is 0.412. The van der Waals surface area contributed by atoms with Crippen molar-refractivity contribution in [2.24, 2.45) is 5.41 Å². The van der Waals surface area contributed by atoms with Crippen molar-refractivity contribution in [2.45, 2.75) is 39.7 Å². The van der Waals surface area contributed by atoms with Gasteiger partial charge in [0.25, 0.3) is 0 Å². The molecule has 1 atom stereocenters. The zero-order chi connectivity index (χ0) is 14.8. The van der Waals surface area contributed by atoms with Crippen molar-refractivity contribution in [1.82, 2.24) is 4.98 Å². The molecule has 0 aliphatic heterocycles. The Morgan fingerprint density at radius 2 is 1.95 bits per heavy atom. The van der Waals surface area contributed by atoms with Crippen LogP contribution in [0.5, 0.6) is 0 Å². The Morgan fingerprint density at radius 1 is 1.24 bits per heavy atom. The molecule has 4 heteroatoms. The predicted molar refractivity (Wildman–Crippen MR) is 90.5 cm³/mol. The van der Waals surface area contributed by atoms with E-state index in [1.54, 1.807) is 6.07 Å². The van der Waals surface area contributed by atoms with Gasteiger partial charge in [0.05, 0.1) is 22.9 Å². The molecule has 0 spiro atoms. The highest BCUT2D eigenvalue weighted by molar-refractivity contribution is 7.59. The van der Waals surface area contributed by atoms with E-state index >= 15 is 0 Å². The van der Waals surface area contributed by atoms with E-state index in [1.165, 1.54) is 0 Å². The smallest absolute Gasteiger partial charge is 0.101 e. The van der Waals surface area contributed by atoms with Crippen molar-refractivity contribution in [3.63, 3.8) is 0 Å². The first kappa shape index (κ1) is 17.5. The lowest BCUT2D eigenvalue weighted by molar-refractivity contribution is 0.144. The van der Waals surface area contributed by atoms with Gasteiger partial charge in [0.15, 0.2) is 0 Å². The van der Waals surface area contributed by atoms with Gasteiger partial charge in [0.2, 0.25) is 0 Å². The third-order valence-electron chi connectivity index (χ3n) is 3.37. The topological polar surface area (TPSA) is 56.9 Å². The van der Waals surface area contributed by atoms with Crippen LogP contribution in [0.15, 0.2) is 30.3 Å². The second-order valence-electron chi connectivity index (χ2n) is 6.34. The maximum atomic E-state index is 10.3. The van der Waals surface area contributed by atoms with Crippen LogP contribution in [0.2, 0.25) is 0 Å². The van der Waals surface area contributed by atoms with Crippen LogP contribution in [-0.4, -0.2) is 10.1 Å². The summed E-state index contributed by atoms with van der Waals surface area (Å²) in [4.78, 5) is 4.47. The molecule has 1 aromatic heterocycles. The molecule has 0 radical (unpaired) electrons. The van der Waals surface area contributed by atoms with Gasteiger partial charge in [-0.1, -0.05) is 39.0 Å². The van der Waals surface area contributed by atoms with Gasteiger partial charge < -0.3 is 5.11 Å². The summed E-state index contributed by atoms with van der Waals surface area (Å²) in [6.07, 6.45) is 1.02. The normalized spacial score (nSPS) is 12.5. The van der Waals surface area contributed by atoms with Gasteiger partial charge in [-0.3, -0.25) is 0 Å². The quantitative estimate of drug-likeness (QED) is 0.929. The minimum Gasteiger partial charge on any atom is -0.387 e. The molecule has 0 amide bonds. The lowest BCUT2D eigenvalue weighted by atomic mass is 9.88. The van der Waals surface area contributed by atoms with E-state index in [4.69, 9.17) is 5.26 Å². The van der Waals surface area contributed by atoms with Crippen LogP contribution in [0.1, 0.15) is 51.0 Å². The van der Waals surface area contributed by atoms with Crippen molar-refractivity contribution in [3.05, 3.63) is 41.6 Å². The van der Waals surface area contributed by atoms with Crippen LogP contribution in [0.25, 0.3) is 10.9 Å². The number of rotatable bonds is 3. The van der Waals surface area contributed by atoms with Gasteiger partial charge in [-0.25, -0.2) is 4.98 Å². The Kier molecular flexibility index (Phi) is 5.77. The molecule has 0 saturated heterocycles. The molecule has 3 nitrogen and oxygen atoms in total. The third-order valence-corrected chi connectivity index (χ3v) is 3.37. The Labute approximate surface area is 133 Å². The SMILES string of the molecule is CC(C)(C)CC[C@H](O)c1ccc2cccc(C#N)c2n1.S. The summed E-state index contributed by atoms with van der Waals surface area (Å²) in [6, 6.07) is 11.4. The highest BCUT2D eigenvalue weighted by Gasteiger charge is 2.16.